The molecule has 1 amide bonds. The van der Waals surface area contributed by atoms with Crippen LogP contribution in [0.2, 0.25) is 0 Å². The Kier molecular flexibility index (Phi) is 68.9. The van der Waals surface area contributed by atoms with Gasteiger partial charge < -0.3 is 124 Å². The summed E-state index contributed by atoms with van der Waals surface area (Å²) in [6.45, 7) is 32.9. The second-order valence-corrected chi connectivity index (χ2v) is 23.6. The highest BCUT2D eigenvalue weighted by atomic mass is 16.6. The van der Waals surface area contributed by atoms with Crippen LogP contribution in [0.25, 0.3) is 0 Å². The zero-order valence-corrected chi connectivity index (χ0v) is 62.8. The lowest BCUT2D eigenvalue weighted by molar-refractivity contribution is -0.439. The van der Waals surface area contributed by atoms with E-state index < -0.39 is 0 Å². The molecule has 0 saturated heterocycles. The molecule has 0 saturated carbocycles. The van der Waals surface area contributed by atoms with Crippen LogP contribution < -0.4 is 5.32 Å². The van der Waals surface area contributed by atoms with Crippen molar-refractivity contribution in [2.45, 2.75) is 90.9 Å². The summed E-state index contributed by atoms with van der Waals surface area (Å²) in [6, 6.07) is 6.83. The molecule has 0 aliphatic carbocycles. The lowest BCUT2D eigenvalue weighted by atomic mass is 9.75. The van der Waals surface area contributed by atoms with Crippen molar-refractivity contribution in [2.24, 2.45) is 0 Å². The quantitative estimate of drug-likeness (QED) is 0.0613. The number of amides is 1. The Bertz CT molecular complexity index is 2000. The molecular weight excluding hydrogens is 1320 g/mol. The molecule has 1 atom stereocenters. The number of nitrogens with zero attached hydrogens (tertiary/aromatic N) is 1. The summed E-state index contributed by atoms with van der Waals surface area (Å²) < 4.78 is 134. The Morgan fingerprint density at radius 3 is 0.871 bits per heavy atom. The molecule has 1 unspecified atom stereocenters. The molecule has 28 heteroatoms. The molecule has 1 aromatic rings. The van der Waals surface area contributed by atoms with Crippen molar-refractivity contribution in [3.63, 3.8) is 0 Å². The maximum absolute atomic E-state index is 12.4. The summed E-state index contributed by atoms with van der Waals surface area (Å²) >= 11 is 0. The summed E-state index contributed by atoms with van der Waals surface area (Å²) in [6.07, 6.45) is 8.30. The molecular formula is C73H135N2O26+. The second-order valence-electron chi connectivity index (χ2n) is 23.6. The summed E-state index contributed by atoms with van der Waals surface area (Å²) in [5.74, 6) is 0.334. The van der Waals surface area contributed by atoms with E-state index in [2.05, 4.69) is 48.9 Å². The number of methoxy groups -OCH3 is 1. The number of carbonyl (C=O) groups is 2. The van der Waals surface area contributed by atoms with E-state index in [-0.39, 0.29) is 17.1 Å². The maximum Gasteiger partial charge on any atom is 0.220 e. The van der Waals surface area contributed by atoms with Crippen LogP contribution in [0.3, 0.4) is 0 Å². The second kappa shape index (κ2) is 73.9. The van der Waals surface area contributed by atoms with Crippen molar-refractivity contribution in [1.82, 2.24) is 5.32 Å². The molecule has 0 spiro atoms. The Balaban J connectivity index is 1.14. The Labute approximate surface area is 605 Å². The van der Waals surface area contributed by atoms with Crippen molar-refractivity contribution in [1.29, 1.82) is 0 Å². The first kappa shape index (κ1) is 94.2. The van der Waals surface area contributed by atoms with Gasteiger partial charge in [-0.25, -0.2) is 0 Å². The lowest BCUT2D eigenvalue weighted by Crippen LogP contribution is -2.30. The van der Waals surface area contributed by atoms with Gasteiger partial charge in [0.1, 0.15) is 12.3 Å². The summed E-state index contributed by atoms with van der Waals surface area (Å²) in [4.78, 5) is 23.8. The molecule has 0 aromatic heterocycles. The molecule has 0 fully saturated rings. The third-order valence-electron chi connectivity index (χ3n) is 15.4. The molecule has 0 radical (unpaired) electrons. The molecule has 1 aliphatic rings. The number of nitrogens with one attached hydrogen (secondary N) is 1. The fraction of sp³-hybridized carbons (Fsp3) is 0.877. The van der Waals surface area contributed by atoms with E-state index in [1.807, 2.05) is 0 Å². The normalized spacial score (nSPS) is 13.8. The van der Waals surface area contributed by atoms with Crippen LogP contribution in [0.4, 0.5) is 5.69 Å². The number of unbranched alkanes of at least 4 members (excludes halogenated alkanes) is 4. The van der Waals surface area contributed by atoms with Crippen LogP contribution in [0.1, 0.15) is 89.7 Å². The largest absolute Gasteiger partial charge is 0.382 e. The van der Waals surface area contributed by atoms with Gasteiger partial charge >= 0.3 is 0 Å². The molecule has 1 heterocycles. The average Bonchev–Trinajstić information content (AvgIpc) is 1.59. The molecule has 592 valence electrons. The number of benzene rings is 1. The van der Waals surface area contributed by atoms with Crippen molar-refractivity contribution in [2.75, 3.05) is 331 Å². The van der Waals surface area contributed by atoms with Crippen LogP contribution in [0, 0.1) is 6.92 Å². The number of fused-ring (bicyclic) bond motifs is 1. The molecule has 1 aliphatic heterocycles. The predicted molar refractivity (Wildman–Crippen MR) is 380 cm³/mol. The molecule has 1 aromatic carbocycles. The number of hydrogen-bond acceptors (Lipinski definition) is 26. The summed E-state index contributed by atoms with van der Waals surface area (Å²) in [5, 5.41) is 2.97. The highest BCUT2D eigenvalue weighted by molar-refractivity contribution is 5.93. The molecule has 101 heavy (non-hydrogen) atoms. The van der Waals surface area contributed by atoms with Gasteiger partial charge in [0.05, 0.1) is 316 Å². The van der Waals surface area contributed by atoms with Gasteiger partial charge in [-0.1, -0.05) is 24.5 Å². The van der Waals surface area contributed by atoms with Crippen LogP contribution >= 0.6 is 0 Å². The Hall–Kier alpha value is -2.93. The fourth-order valence-electron chi connectivity index (χ4n) is 9.80. The van der Waals surface area contributed by atoms with Gasteiger partial charge in [0.15, 0.2) is 5.71 Å². The van der Waals surface area contributed by atoms with E-state index in [0.29, 0.717) is 330 Å². The van der Waals surface area contributed by atoms with E-state index in [9.17, 15) is 9.59 Å². The molecule has 28 nitrogen and oxygen atoms in total. The summed E-state index contributed by atoms with van der Waals surface area (Å²) in [7, 11) is 1.64. The van der Waals surface area contributed by atoms with Gasteiger partial charge in [-0.3, -0.25) is 4.79 Å². The van der Waals surface area contributed by atoms with Crippen molar-refractivity contribution < 1.29 is 128 Å². The number of carbonyl (C=O) groups excluding carboxylic acids is 2. The van der Waals surface area contributed by atoms with E-state index in [1.54, 1.807) is 14.0 Å². The average molecular weight is 1460 g/mol. The smallest absolute Gasteiger partial charge is 0.220 e. The number of aryl methyl sites for hydroxylation is 1. The van der Waals surface area contributed by atoms with Crippen molar-refractivity contribution in [3.8, 4) is 0 Å². The minimum absolute atomic E-state index is 0.00478. The van der Waals surface area contributed by atoms with Gasteiger partial charge in [-0.05, 0) is 52.5 Å². The molecule has 1 N–H and O–H groups in total. The predicted octanol–water partition coefficient (Wildman–Crippen LogP) is 5.62. The molecule has 0 bridgehead atoms. The van der Waals surface area contributed by atoms with E-state index in [4.69, 9.17) is 114 Å². The van der Waals surface area contributed by atoms with Crippen LogP contribution in [0.5, 0.6) is 0 Å². The van der Waals surface area contributed by atoms with Crippen molar-refractivity contribution >= 4 is 23.1 Å². The first-order chi connectivity index (χ1) is 49.8. The number of hydrogen-bond donors (Lipinski definition) is 1. The van der Waals surface area contributed by atoms with E-state index in [1.165, 1.54) is 22.5 Å². The van der Waals surface area contributed by atoms with Gasteiger partial charge in [-0.2, -0.15) is 4.58 Å². The topological polar surface area (TPSA) is 271 Å². The minimum atomic E-state index is 0.00478. The number of ether oxygens (including phenoxy) is 24. The van der Waals surface area contributed by atoms with Gasteiger partial charge in [0.25, 0.3) is 0 Å². The van der Waals surface area contributed by atoms with Crippen LogP contribution in [0.15, 0.2) is 18.2 Å². The number of ketones is 1. The van der Waals surface area contributed by atoms with Crippen molar-refractivity contribution in [3.05, 3.63) is 29.3 Å². The van der Waals surface area contributed by atoms with Gasteiger partial charge in [0, 0.05) is 51.5 Å². The van der Waals surface area contributed by atoms with E-state index >= 15 is 0 Å². The van der Waals surface area contributed by atoms with Crippen LogP contribution in [-0.4, -0.2) is 353 Å². The van der Waals surface area contributed by atoms with E-state index in [0.717, 1.165) is 51.5 Å². The third kappa shape index (κ3) is 59.9. The SMILES string of the molecule is COCCOCCOCCOCCOCCOCCOCCOCCOCCOCCOCCOCCOCCOCCOCCOCCOCCOCCOCCOCCOCCOCCOCCOCCNC(=O)CCCCC[N+]1=C(C)C(C)(CCCCCC(C)=O)c2cc(C)ccc21. The zero-order chi connectivity index (χ0) is 72.4. The van der Waals surface area contributed by atoms with Crippen LogP contribution in [-0.2, 0) is 129 Å². The highest BCUT2D eigenvalue weighted by Crippen LogP contribution is 2.43. The summed E-state index contributed by atoms with van der Waals surface area (Å²) in [5.41, 5.74) is 5.43. The minimum Gasteiger partial charge on any atom is -0.382 e. The number of Topliss-reactive ketones (excluding diaryl/α,β-unsaturated/α-hetero) is 1. The standard InChI is InChI=1S/C73H134N2O26/c1-67-14-15-71-70(66-67)73(4,16-10-6-8-12-68(2)76)69(3)75(71)18-11-7-9-13-72(77)74-17-19-79-22-23-81-26-27-83-30-31-85-34-35-87-38-39-89-42-43-91-46-47-93-50-51-95-54-55-97-58-59-99-62-63-101-65-64-100-61-60-98-57-56-96-53-52-94-49-48-92-45-44-90-41-40-88-37-36-86-33-32-84-29-28-82-25-24-80-21-20-78-5/h14-15,66H,6-13,16-65H2,1-5H3/p+1. The lowest BCUT2D eigenvalue weighted by Gasteiger charge is -2.22. The molecule has 2 rings (SSSR count). The van der Waals surface area contributed by atoms with Gasteiger partial charge in [0.2, 0.25) is 11.6 Å². The van der Waals surface area contributed by atoms with Gasteiger partial charge in [-0.15, -0.1) is 0 Å². The first-order valence-electron chi connectivity index (χ1n) is 37.0. The maximum atomic E-state index is 12.4. The third-order valence-corrected chi connectivity index (χ3v) is 15.4. The number of rotatable bonds is 84. The fourth-order valence-corrected chi connectivity index (χ4v) is 9.80. The zero-order valence-electron chi connectivity index (χ0n) is 62.8. The Morgan fingerprint density at radius 2 is 0.594 bits per heavy atom. The monoisotopic (exact) mass is 1460 g/mol. The Morgan fingerprint density at radius 1 is 0.337 bits per heavy atom. The first-order valence-corrected chi connectivity index (χ1v) is 37.0. The highest BCUT2D eigenvalue weighted by Gasteiger charge is 2.45.